The molecule has 0 bridgehead atoms. The molecule has 0 spiro atoms. The molecule has 0 unspecified atom stereocenters. The summed E-state index contributed by atoms with van der Waals surface area (Å²) in [5.74, 6) is 0. The van der Waals surface area contributed by atoms with Crippen molar-refractivity contribution in [2.24, 2.45) is 7.05 Å². The van der Waals surface area contributed by atoms with E-state index in [1.807, 2.05) is 61.9 Å². The van der Waals surface area contributed by atoms with E-state index in [1.165, 1.54) is 0 Å². The quantitative estimate of drug-likeness (QED) is 0.725. The second-order valence-corrected chi connectivity index (χ2v) is 7.19. The minimum Gasteiger partial charge on any atom is -0.347 e. The van der Waals surface area contributed by atoms with Crippen molar-refractivity contribution in [3.63, 3.8) is 0 Å². The number of hydrogen-bond donors (Lipinski definition) is 0. The third-order valence-electron chi connectivity index (χ3n) is 3.94. The van der Waals surface area contributed by atoms with Crippen LogP contribution in [-0.4, -0.2) is 13.0 Å². The average molecular weight is 299 g/mol. The van der Waals surface area contributed by atoms with Crippen LogP contribution in [0.3, 0.4) is 0 Å². The van der Waals surface area contributed by atoms with Gasteiger partial charge in [0.1, 0.15) is 4.90 Å². The number of aryl methyl sites for hydroxylation is 2. The molecular weight excluding hydrogens is 282 g/mol. The lowest BCUT2D eigenvalue weighted by Crippen LogP contribution is -2.04. The maximum Gasteiger partial charge on any atom is 0.208 e. The largest absolute Gasteiger partial charge is 0.347 e. The molecule has 0 amide bonds. The Morgan fingerprint density at radius 1 is 0.905 bits per heavy atom. The van der Waals surface area contributed by atoms with Gasteiger partial charge in [0.15, 0.2) is 0 Å². The van der Waals surface area contributed by atoms with Gasteiger partial charge in [-0.05, 0) is 32.0 Å². The van der Waals surface area contributed by atoms with Gasteiger partial charge >= 0.3 is 0 Å². The zero-order chi connectivity index (χ0) is 15.2. The van der Waals surface area contributed by atoms with Crippen LogP contribution in [0.4, 0.5) is 0 Å². The van der Waals surface area contributed by atoms with Crippen molar-refractivity contribution in [2.45, 2.75) is 23.6 Å². The van der Waals surface area contributed by atoms with Gasteiger partial charge in [-0.3, -0.25) is 0 Å². The molecule has 0 N–H and O–H groups in total. The first-order valence-corrected chi connectivity index (χ1v) is 8.27. The second kappa shape index (κ2) is 4.74. The normalized spacial score (nSPS) is 12.0. The Morgan fingerprint density at radius 3 is 2.19 bits per heavy atom. The van der Waals surface area contributed by atoms with Gasteiger partial charge in [0.25, 0.3) is 0 Å². The van der Waals surface area contributed by atoms with Crippen LogP contribution < -0.4 is 0 Å². The van der Waals surface area contributed by atoms with Gasteiger partial charge in [0, 0.05) is 23.6 Å². The lowest BCUT2D eigenvalue weighted by molar-refractivity contribution is 0.595. The Morgan fingerprint density at radius 2 is 1.52 bits per heavy atom. The van der Waals surface area contributed by atoms with Crippen LogP contribution in [0.2, 0.25) is 0 Å². The van der Waals surface area contributed by atoms with Crippen LogP contribution in [0.15, 0.2) is 58.3 Å². The van der Waals surface area contributed by atoms with Crippen LogP contribution in [0.1, 0.15) is 11.3 Å². The summed E-state index contributed by atoms with van der Waals surface area (Å²) in [7, 11) is -1.62. The molecule has 108 valence electrons. The Kier molecular flexibility index (Phi) is 3.14. The fourth-order valence-corrected chi connectivity index (χ4v) is 4.38. The molecule has 1 aromatic heterocycles. The molecule has 2 aromatic carbocycles. The highest BCUT2D eigenvalue weighted by atomic mass is 32.2. The predicted molar refractivity (Wildman–Crippen MR) is 84.3 cm³/mol. The van der Waals surface area contributed by atoms with Crippen molar-refractivity contribution in [3.8, 4) is 0 Å². The van der Waals surface area contributed by atoms with E-state index in [0.29, 0.717) is 9.79 Å². The van der Waals surface area contributed by atoms with Gasteiger partial charge in [-0.25, -0.2) is 8.42 Å². The maximum atomic E-state index is 13.0. The highest BCUT2D eigenvalue weighted by Gasteiger charge is 2.25. The van der Waals surface area contributed by atoms with Crippen molar-refractivity contribution in [1.82, 2.24) is 4.57 Å². The van der Waals surface area contributed by atoms with E-state index < -0.39 is 9.84 Å². The number of aromatic nitrogens is 1. The van der Waals surface area contributed by atoms with Gasteiger partial charge < -0.3 is 4.57 Å². The topological polar surface area (TPSA) is 39.1 Å². The van der Waals surface area contributed by atoms with Crippen molar-refractivity contribution in [3.05, 3.63) is 59.8 Å². The highest BCUT2D eigenvalue weighted by molar-refractivity contribution is 7.91. The number of sulfone groups is 1. The predicted octanol–water partition coefficient (Wildman–Crippen LogP) is 3.63. The second-order valence-electron chi connectivity index (χ2n) is 5.31. The molecule has 0 aliphatic carbocycles. The van der Waals surface area contributed by atoms with Gasteiger partial charge in [-0.2, -0.15) is 0 Å². The SMILES string of the molecule is Cc1ccc(S(=O)(=O)c2c(C)n(C)c3ccccc23)cc1. The van der Waals surface area contributed by atoms with Crippen molar-refractivity contribution < 1.29 is 8.42 Å². The zero-order valence-corrected chi connectivity index (χ0v) is 13.1. The third-order valence-corrected chi connectivity index (χ3v) is 5.89. The highest BCUT2D eigenvalue weighted by Crippen LogP contribution is 2.33. The number of benzene rings is 2. The first-order valence-electron chi connectivity index (χ1n) is 6.78. The average Bonchev–Trinajstić information content (AvgIpc) is 2.72. The lowest BCUT2D eigenvalue weighted by atomic mass is 10.2. The lowest BCUT2D eigenvalue weighted by Gasteiger charge is -2.06. The summed E-state index contributed by atoms with van der Waals surface area (Å²) in [4.78, 5) is 0.747. The Hall–Kier alpha value is -2.07. The fourth-order valence-electron chi connectivity index (χ4n) is 2.66. The summed E-state index contributed by atoms with van der Waals surface area (Å²) in [6.07, 6.45) is 0. The van der Waals surface area contributed by atoms with E-state index >= 15 is 0 Å². The first kappa shape index (κ1) is 13.9. The molecular formula is C17H17NO2S. The molecule has 0 saturated carbocycles. The standard InChI is InChI=1S/C17H17NO2S/c1-12-8-10-14(11-9-12)21(19,20)17-13(2)18(3)16-7-5-4-6-15(16)17/h4-11H,1-3H3. The van der Waals surface area contributed by atoms with E-state index in [1.54, 1.807) is 12.1 Å². The van der Waals surface area contributed by atoms with E-state index in [2.05, 4.69) is 0 Å². The molecule has 0 aliphatic heterocycles. The smallest absolute Gasteiger partial charge is 0.208 e. The van der Waals surface area contributed by atoms with Gasteiger partial charge in [-0.1, -0.05) is 35.9 Å². The summed E-state index contributed by atoms with van der Waals surface area (Å²) < 4.78 is 27.9. The molecule has 0 radical (unpaired) electrons. The summed E-state index contributed by atoms with van der Waals surface area (Å²) in [5, 5.41) is 0.776. The van der Waals surface area contributed by atoms with Crippen LogP contribution in [-0.2, 0) is 16.9 Å². The van der Waals surface area contributed by atoms with Gasteiger partial charge in [-0.15, -0.1) is 0 Å². The Balaban J connectivity index is 2.34. The molecule has 3 nitrogen and oxygen atoms in total. The maximum absolute atomic E-state index is 13.0. The van der Waals surface area contributed by atoms with Crippen molar-refractivity contribution in [2.75, 3.05) is 0 Å². The van der Waals surface area contributed by atoms with Crippen molar-refractivity contribution >= 4 is 20.7 Å². The fraction of sp³-hybridized carbons (Fsp3) is 0.176. The minimum absolute atomic E-state index is 0.340. The van der Waals surface area contributed by atoms with Gasteiger partial charge in [0.2, 0.25) is 9.84 Å². The number of para-hydroxylation sites is 1. The van der Waals surface area contributed by atoms with E-state index in [4.69, 9.17) is 0 Å². The number of rotatable bonds is 2. The molecule has 3 aromatic rings. The summed E-state index contributed by atoms with van der Waals surface area (Å²) in [6.45, 7) is 3.79. The third kappa shape index (κ3) is 2.07. The molecule has 21 heavy (non-hydrogen) atoms. The molecule has 4 heteroatoms. The summed E-state index contributed by atoms with van der Waals surface area (Å²) in [6, 6.07) is 14.6. The molecule has 0 saturated heterocycles. The molecule has 1 heterocycles. The Labute approximate surface area is 124 Å². The molecule has 0 fully saturated rings. The minimum atomic E-state index is -3.51. The van der Waals surface area contributed by atoms with E-state index in [-0.39, 0.29) is 0 Å². The van der Waals surface area contributed by atoms with Crippen LogP contribution in [0, 0.1) is 13.8 Å². The number of fused-ring (bicyclic) bond motifs is 1. The molecule has 3 rings (SSSR count). The monoisotopic (exact) mass is 299 g/mol. The number of nitrogens with zero attached hydrogens (tertiary/aromatic N) is 1. The van der Waals surface area contributed by atoms with Crippen LogP contribution >= 0.6 is 0 Å². The van der Waals surface area contributed by atoms with Crippen molar-refractivity contribution in [1.29, 1.82) is 0 Å². The zero-order valence-electron chi connectivity index (χ0n) is 12.3. The molecule has 0 atom stereocenters. The summed E-state index contributed by atoms with van der Waals surface area (Å²) in [5.41, 5.74) is 2.74. The number of hydrogen-bond acceptors (Lipinski definition) is 2. The molecule has 0 aliphatic rings. The van der Waals surface area contributed by atoms with E-state index in [9.17, 15) is 8.42 Å². The van der Waals surface area contributed by atoms with Crippen LogP contribution in [0.5, 0.6) is 0 Å². The summed E-state index contributed by atoms with van der Waals surface area (Å²) >= 11 is 0. The van der Waals surface area contributed by atoms with E-state index in [0.717, 1.165) is 22.2 Å². The first-order chi connectivity index (χ1) is 9.93. The van der Waals surface area contributed by atoms with Gasteiger partial charge in [0.05, 0.1) is 4.90 Å². The van der Waals surface area contributed by atoms with Crippen LogP contribution in [0.25, 0.3) is 10.9 Å². The Bertz CT molecular complexity index is 919.